The number of thiocarbonyl (C=S) groups is 1. The Morgan fingerprint density at radius 3 is 2.43 bits per heavy atom. The van der Waals surface area contributed by atoms with Crippen LogP contribution in [0.5, 0.6) is 11.5 Å². The molecule has 2 N–H and O–H groups in total. The maximum atomic E-state index is 13.9. The van der Waals surface area contributed by atoms with Crippen LogP contribution in [-0.4, -0.2) is 12.1 Å². The van der Waals surface area contributed by atoms with Crippen molar-refractivity contribution >= 4 is 17.2 Å². The number of hydrogen-bond donors (Lipinski definition) is 1. The Morgan fingerprint density at radius 1 is 1.19 bits per heavy atom. The lowest BCUT2D eigenvalue weighted by atomic mass is 10.2. The van der Waals surface area contributed by atoms with Crippen molar-refractivity contribution in [1.82, 2.24) is 0 Å². The second kappa shape index (κ2) is 6.60. The van der Waals surface area contributed by atoms with Crippen LogP contribution in [-0.2, 0) is 11.3 Å². The highest BCUT2D eigenvalue weighted by atomic mass is 32.1. The fourth-order valence-corrected chi connectivity index (χ4v) is 1.90. The third-order valence-electron chi connectivity index (χ3n) is 2.71. The van der Waals surface area contributed by atoms with Crippen LogP contribution in [0.25, 0.3) is 0 Å². The van der Waals surface area contributed by atoms with E-state index in [-0.39, 0.29) is 10.6 Å². The second-order valence-corrected chi connectivity index (χ2v) is 4.76. The Morgan fingerprint density at radius 2 is 1.86 bits per heavy atom. The Hall–Kier alpha value is -2.05. The van der Waals surface area contributed by atoms with Gasteiger partial charge in [-0.15, -0.1) is 0 Å². The molecule has 0 heterocycles. The number of hydrogen-bond acceptors (Lipinski definition) is 3. The van der Waals surface area contributed by atoms with Gasteiger partial charge in [0.15, 0.2) is 17.4 Å². The minimum absolute atomic E-state index is 0.0820. The number of methoxy groups -OCH3 is 1. The van der Waals surface area contributed by atoms with Crippen LogP contribution in [0, 0.1) is 11.6 Å². The minimum atomic E-state index is -0.866. The van der Waals surface area contributed by atoms with Crippen molar-refractivity contribution in [2.75, 3.05) is 7.11 Å². The predicted molar refractivity (Wildman–Crippen MR) is 79.5 cm³/mol. The topological polar surface area (TPSA) is 44.5 Å². The Labute approximate surface area is 126 Å². The van der Waals surface area contributed by atoms with Crippen molar-refractivity contribution in [3.63, 3.8) is 0 Å². The van der Waals surface area contributed by atoms with Gasteiger partial charge in [0.1, 0.15) is 10.7 Å². The molecule has 2 rings (SSSR count). The summed E-state index contributed by atoms with van der Waals surface area (Å²) < 4.78 is 38.1. The zero-order valence-electron chi connectivity index (χ0n) is 11.2. The van der Waals surface area contributed by atoms with Crippen LogP contribution in [0.4, 0.5) is 8.78 Å². The summed E-state index contributed by atoms with van der Waals surface area (Å²) >= 11 is 4.69. The van der Waals surface area contributed by atoms with E-state index in [4.69, 9.17) is 27.4 Å². The van der Waals surface area contributed by atoms with Gasteiger partial charge >= 0.3 is 0 Å². The molecule has 110 valence electrons. The molecule has 0 radical (unpaired) electrons. The van der Waals surface area contributed by atoms with Crippen LogP contribution in [0.1, 0.15) is 11.1 Å². The average Bonchev–Trinajstić information content (AvgIpc) is 2.43. The van der Waals surface area contributed by atoms with E-state index < -0.39 is 17.4 Å². The molecule has 0 bridgehead atoms. The maximum Gasteiger partial charge on any atom is 0.198 e. The third kappa shape index (κ3) is 3.74. The van der Waals surface area contributed by atoms with Crippen molar-refractivity contribution in [1.29, 1.82) is 0 Å². The highest BCUT2D eigenvalue weighted by Gasteiger charge is 2.15. The highest BCUT2D eigenvalue weighted by molar-refractivity contribution is 7.80. The van der Waals surface area contributed by atoms with E-state index in [2.05, 4.69) is 0 Å². The van der Waals surface area contributed by atoms with Crippen LogP contribution >= 0.6 is 12.2 Å². The van der Waals surface area contributed by atoms with Crippen molar-refractivity contribution < 1.29 is 18.3 Å². The molecule has 0 spiro atoms. The summed E-state index contributed by atoms with van der Waals surface area (Å²) in [6.45, 7) is 0.378. The number of nitrogens with two attached hydrogens (primary N) is 1. The Balaban J connectivity index is 2.31. The van der Waals surface area contributed by atoms with Gasteiger partial charge in [-0.3, -0.25) is 0 Å². The number of benzene rings is 2. The molecule has 0 atom stereocenters. The van der Waals surface area contributed by atoms with Gasteiger partial charge in [0.2, 0.25) is 0 Å². The van der Waals surface area contributed by atoms with E-state index in [9.17, 15) is 8.78 Å². The first-order valence-electron chi connectivity index (χ1n) is 6.06. The molecule has 0 unspecified atom stereocenters. The molecule has 2 aromatic carbocycles. The fourth-order valence-electron chi connectivity index (χ4n) is 1.78. The van der Waals surface area contributed by atoms with Gasteiger partial charge in [0.05, 0.1) is 6.61 Å². The van der Waals surface area contributed by atoms with E-state index in [1.165, 1.54) is 0 Å². The molecule has 0 aliphatic carbocycles. The zero-order valence-corrected chi connectivity index (χ0v) is 12.0. The molecule has 0 aliphatic rings. The largest absolute Gasteiger partial charge is 0.451 e. The van der Waals surface area contributed by atoms with Crippen LogP contribution < -0.4 is 10.5 Å². The number of halogens is 2. The molecule has 0 saturated carbocycles. The highest BCUT2D eigenvalue weighted by Crippen LogP contribution is 2.29. The predicted octanol–water partition coefficient (Wildman–Crippen LogP) is 3.54. The lowest BCUT2D eigenvalue weighted by Gasteiger charge is -2.10. The maximum absolute atomic E-state index is 13.9. The second-order valence-electron chi connectivity index (χ2n) is 4.32. The molecule has 0 aromatic heterocycles. The summed E-state index contributed by atoms with van der Waals surface area (Å²) in [5.41, 5.74) is 6.29. The van der Waals surface area contributed by atoms with Gasteiger partial charge in [-0.25, -0.2) is 8.78 Å². The van der Waals surface area contributed by atoms with Gasteiger partial charge in [0.25, 0.3) is 0 Å². The zero-order chi connectivity index (χ0) is 15.4. The summed E-state index contributed by atoms with van der Waals surface area (Å²) in [6, 6.07) is 8.85. The van der Waals surface area contributed by atoms with Crippen molar-refractivity contribution in [2.45, 2.75) is 6.61 Å². The first-order valence-corrected chi connectivity index (χ1v) is 6.46. The summed E-state index contributed by atoms with van der Waals surface area (Å²) in [4.78, 5) is -0.0820. The molecule has 0 amide bonds. The van der Waals surface area contributed by atoms with Gasteiger partial charge in [-0.1, -0.05) is 24.4 Å². The number of rotatable bonds is 5. The summed E-state index contributed by atoms with van der Waals surface area (Å²) in [6.07, 6.45) is 0. The molecule has 2 aromatic rings. The molecule has 21 heavy (non-hydrogen) atoms. The fraction of sp³-hybridized carbons (Fsp3) is 0.133. The molecule has 0 saturated heterocycles. The first kappa shape index (κ1) is 15.3. The van der Waals surface area contributed by atoms with Gasteiger partial charge in [-0.2, -0.15) is 0 Å². The lowest BCUT2D eigenvalue weighted by molar-refractivity contribution is 0.184. The summed E-state index contributed by atoms with van der Waals surface area (Å²) in [5.74, 6) is -1.92. The van der Waals surface area contributed by atoms with E-state index in [1.807, 2.05) is 6.07 Å². The van der Waals surface area contributed by atoms with E-state index in [1.54, 1.807) is 25.3 Å². The minimum Gasteiger partial charge on any atom is -0.451 e. The number of ether oxygens (including phenoxy) is 2. The summed E-state index contributed by atoms with van der Waals surface area (Å²) in [5, 5.41) is 0. The summed E-state index contributed by atoms with van der Waals surface area (Å²) in [7, 11) is 1.56. The Bertz CT molecular complexity index is 653. The molecule has 0 aliphatic heterocycles. The van der Waals surface area contributed by atoms with E-state index in [0.29, 0.717) is 12.4 Å². The SMILES string of the molecule is COCc1cccc(Oc2c(F)cc(C(N)=S)cc2F)c1. The quantitative estimate of drug-likeness (QED) is 0.858. The Kier molecular flexibility index (Phi) is 4.82. The smallest absolute Gasteiger partial charge is 0.198 e. The van der Waals surface area contributed by atoms with Gasteiger partial charge in [0, 0.05) is 12.7 Å². The van der Waals surface area contributed by atoms with Crippen molar-refractivity contribution in [2.24, 2.45) is 5.73 Å². The standard InChI is InChI=1S/C15H13F2NO2S/c1-19-8-9-3-2-4-11(5-9)20-14-12(16)6-10(15(18)21)7-13(14)17/h2-7H,8H2,1H3,(H2,18,21). The molecule has 6 heteroatoms. The molecule has 3 nitrogen and oxygen atoms in total. The monoisotopic (exact) mass is 309 g/mol. The molecular formula is C15H13F2NO2S. The van der Waals surface area contributed by atoms with Crippen LogP contribution in [0.3, 0.4) is 0 Å². The van der Waals surface area contributed by atoms with Gasteiger partial charge < -0.3 is 15.2 Å². The average molecular weight is 309 g/mol. The normalized spacial score (nSPS) is 10.4. The first-order chi connectivity index (χ1) is 10.0. The van der Waals surface area contributed by atoms with Crippen molar-refractivity contribution in [3.8, 4) is 11.5 Å². The molecule has 0 fully saturated rings. The third-order valence-corrected chi connectivity index (χ3v) is 2.95. The lowest BCUT2D eigenvalue weighted by Crippen LogP contribution is -2.10. The van der Waals surface area contributed by atoms with Crippen LogP contribution in [0.15, 0.2) is 36.4 Å². The van der Waals surface area contributed by atoms with E-state index >= 15 is 0 Å². The van der Waals surface area contributed by atoms with Crippen molar-refractivity contribution in [3.05, 3.63) is 59.2 Å². The van der Waals surface area contributed by atoms with Crippen LogP contribution in [0.2, 0.25) is 0 Å². The molecular weight excluding hydrogens is 296 g/mol. The van der Waals surface area contributed by atoms with E-state index in [0.717, 1.165) is 17.7 Å². The van der Waals surface area contributed by atoms with Gasteiger partial charge in [-0.05, 0) is 29.8 Å².